The molecule has 0 saturated carbocycles. The van der Waals surface area contributed by atoms with E-state index in [0.717, 1.165) is 37.6 Å². The van der Waals surface area contributed by atoms with Crippen molar-refractivity contribution in [3.05, 3.63) is 17.6 Å². The molecule has 3 rings (SSSR count). The molecule has 1 aromatic rings. The van der Waals surface area contributed by atoms with Crippen molar-refractivity contribution in [3.8, 4) is 0 Å². The van der Waals surface area contributed by atoms with Crippen LogP contribution in [0.15, 0.2) is 6.33 Å². The lowest BCUT2D eigenvalue weighted by atomic mass is 10.0. The Morgan fingerprint density at radius 3 is 2.43 bits per heavy atom. The first kappa shape index (κ1) is 14.4. The third kappa shape index (κ3) is 2.55. The summed E-state index contributed by atoms with van der Waals surface area (Å²) in [5.41, 5.74) is 1.92. The Balaban J connectivity index is 1.83. The molecule has 1 aliphatic heterocycles. The SMILES string of the molecule is C[C@@H]1CC(=O)c2ncnc(N3CCN(C(C)(C)C)CC3)c21. The molecule has 1 atom stereocenters. The number of Topliss-reactive ketones (excluding diaryl/α,β-unsaturated/α-hetero) is 1. The molecular weight excluding hydrogens is 264 g/mol. The number of ketones is 1. The van der Waals surface area contributed by atoms with Crippen LogP contribution in [0, 0.1) is 0 Å². The molecule has 2 heterocycles. The van der Waals surface area contributed by atoms with Gasteiger partial charge in [-0.25, -0.2) is 9.97 Å². The highest BCUT2D eigenvalue weighted by Gasteiger charge is 2.34. The molecule has 1 saturated heterocycles. The second kappa shape index (κ2) is 5.05. The number of hydrogen-bond donors (Lipinski definition) is 0. The zero-order valence-electron chi connectivity index (χ0n) is 13.4. The summed E-state index contributed by atoms with van der Waals surface area (Å²) < 4.78 is 0. The Bertz CT molecular complexity index is 556. The molecule has 5 nitrogen and oxygen atoms in total. The van der Waals surface area contributed by atoms with Crippen molar-refractivity contribution in [1.29, 1.82) is 0 Å². The highest BCUT2D eigenvalue weighted by atomic mass is 16.1. The largest absolute Gasteiger partial charge is 0.354 e. The van der Waals surface area contributed by atoms with Gasteiger partial charge in [0.1, 0.15) is 17.8 Å². The van der Waals surface area contributed by atoms with Crippen LogP contribution in [0.2, 0.25) is 0 Å². The Morgan fingerprint density at radius 1 is 1.14 bits per heavy atom. The van der Waals surface area contributed by atoms with Crippen molar-refractivity contribution in [1.82, 2.24) is 14.9 Å². The van der Waals surface area contributed by atoms with Gasteiger partial charge < -0.3 is 4.90 Å². The molecule has 0 radical (unpaired) electrons. The van der Waals surface area contributed by atoms with Gasteiger partial charge in [0.2, 0.25) is 0 Å². The molecular formula is C16H24N4O. The third-order valence-corrected chi connectivity index (χ3v) is 4.64. The van der Waals surface area contributed by atoms with E-state index in [1.165, 1.54) is 0 Å². The number of piperazine rings is 1. The third-order valence-electron chi connectivity index (χ3n) is 4.64. The van der Waals surface area contributed by atoms with Gasteiger partial charge in [-0.1, -0.05) is 6.92 Å². The first-order chi connectivity index (χ1) is 9.88. The fourth-order valence-corrected chi connectivity index (χ4v) is 3.38. The van der Waals surface area contributed by atoms with E-state index in [1.807, 2.05) is 0 Å². The predicted octanol–water partition coefficient (Wildman–Crippen LogP) is 2.09. The molecule has 5 heteroatoms. The summed E-state index contributed by atoms with van der Waals surface area (Å²) in [6, 6.07) is 0. The van der Waals surface area contributed by atoms with Crippen LogP contribution >= 0.6 is 0 Å². The minimum Gasteiger partial charge on any atom is -0.354 e. The lowest BCUT2D eigenvalue weighted by molar-refractivity contribution is 0.0986. The smallest absolute Gasteiger partial charge is 0.182 e. The van der Waals surface area contributed by atoms with Crippen LogP contribution in [0.1, 0.15) is 56.1 Å². The maximum Gasteiger partial charge on any atom is 0.182 e. The summed E-state index contributed by atoms with van der Waals surface area (Å²) in [5.74, 6) is 1.38. The van der Waals surface area contributed by atoms with Crippen LogP contribution in [-0.2, 0) is 0 Å². The van der Waals surface area contributed by atoms with Crippen molar-refractivity contribution in [2.45, 2.75) is 45.6 Å². The molecule has 0 amide bonds. The second-order valence-electron chi connectivity index (χ2n) is 7.13. The molecule has 21 heavy (non-hydrogen) atoms. The Hall–Kier alpha value is -1.49. The van der Waals surface area contributed by atoms with Crippen molar-refractivity contribution >= 4 is 11.6 Å². The van der Waals surface area contributed by atoms with Gasteiger partial charge in [-0.15, -0.1) is 0 Å². The van der Waals surface area contributed by atoms with Crippen LogP contribution in [0.5, 0.6) is 0 Å². The van der Waals surface area contributed by atoms with E-state index in [-0.39, 0.29) is 17.2 Å². The number of hydrogen-bond acceptors (Lipinski definition) is 5. The fraction of sp³-hybridized carbons (Fsp3) is 0.688. The molecule has 0 spiro atoms. The molecule has 1 aromatic heterocycles. The van der Waals surface area contributed by atoms with Crippen LogP contribution in [-0.4, -0.2) is 52.4 Å². The van der Waals surface area contributed by atoms with Gasteiger partial charge in [0.15, 0.2) is 5.78 Å². The number of aromatic nitrogens is 2. The monoisotopic (exact) mass is 288 g/mol. The van der Waals surface area contributed by atoms with E-state index >= 15 is 0 Å². The molecule has 0 bridgehead atoms. The van der Waals surface area contributed by atoms with E-state index in [1.54, 1.807) is 6.33 Å². The summed E-state index contributed by atoms with van der Waals surface area (Å²) in [6.07, 6.45) is 2.11. The highest BCUT2D eigenvalue weighted by Crippen LogP contribution is 2.37. The van der Waals surface area contributed by atoms with E-state index in [9.17, 15) is 4.79 Å². The Morgan fingerprint density at radius 2 is 1.81 bits per heavy atom. The minimum absolute atomic E-state index is 0.162. The zero-order chi connectivity index (χ0) is 15.2. The average molecular weight is 288 g/mol. The summed E-state index contributed by atoms with van der Waals surface area (Å²) >= 11 is 0. The van der Waals surface area contributed by atoms with Gasteiger partial charge in [0, 0.05) is 43.7 Å². The van der Waals surface area contributed by atoms with Crippen LogP contribution in [0.4, 0.5) is 5.82 Å². The first-order valence-corrected chi connectivity index (χ1v) is 7.76. The van der Waals surface area contributed by atoms with Gasteiger partial charge >= 0.3 is 0 Å². The molecule has 1 fully saturated rings. The average Bonchev–Trinajstić information content (AvgIpc) is 2.73. The maximum absolute atomic E-state index is 12.0. The topological polar surface area (TPSA) is 49.3 Å². The molecule has 1 aliphatic carbocycles. The lowest BCUT2D eigenvalue weighted by Crippen LogP contribution is -2.53. The van der Waals surface area contributed by atoms with Crippen LogP contribution in [0.3, 0.4) is 0 Å². The number of nitrogens with zero attached hydrogens (tertiary/aromatic N) is 4. The normalized spacial score (nSPS) is 23.5. The first-order valence-electron chi connectivity index (χ1n) is 7.76. The van der Waals surface area contributed by atoms with Gasteiger partial charge in [-0.05, 0) is 26.7 Å². The zero-order valence-corrected chi connectivity index (χ0v) is 13.4. The van der Waals surface area contributed by atoms with Gasteiger partial charge in [-0.2, -0.15) is 0 Å². The standard InChI is InChI=1S/C16H24N4O/c1-11-9-12(21)14-13(11)15(18-10-17-14)19-5-7-20(8-6-19)16(2,3)4/h10-11H,5-9H2,1-4H3/t11-/m1/s1. The van der Waals surface area contributed by atoms with Crippen molar-refractivity contribution < 1.29 is 4.79 Å². The highest BCUT2D eigenvalue weighted by molar-refractivity contribution is 6.00. The number of carbonyl (C=O) groups excluding carboxylic acids is 1. The van der Waals surface area contributed by atoms with E-state index in [2.05, 4.69) is 47.5 Å². The summed E-state index contributed by atoms with van der Waals surface area (Å²) in [4.78, 5) is 25.5. The predicted molar refractivity (Wildman–Crippen MR) is 82.9 cm³/mol. The maximum atomic E-state index is 12.0. The van der Waals surface area contributed by atoms with Crippen LogP contribution < -0.4 is 4.90 Å². The number of fused-ring (bicyclic) bond motifs is 1. The summed E-state index contributed by atoms with van der Waals surface area (Å²) in [5, 5.41) is 0. The van der Waals surface area contributed by atoms with Crippen molar-refractivity contribution in [2.24, 2.45) is 0 Å². The van der Waals surface area contributed by atoms with Crippen LogP contribution in [0.25, 0.3) is 0 Å². The van der Waals surface area contributed by atoms with Crippen molar-refractivity contribution in [3.63, 3.8) is 0 Å². The Kier molecular flexibility index (Phi) is 3.48. The summed E-state index contributed by atoms with van der Waals surface area (Å²) in [6.45, 7) is 12.9. The second-order valence-corrected chi connectivity index (χ2v) is 7.13. The lowest BCUT2D eigenvalue weighted by Gasteiger charge is -2.43. The fourth-order valence-electron chi connectivity index (χ4n) is 3.38. The molecule has 0 N–H and O–H groups in total. The molecule has 2 aliphatic rings. The van der Waals surface area contributed by atoms with Gasteiger partial charge in [0.05, 0.1) is 0 Å². The Labute approximate surface area is 126 Å². The van der Waals surface area contributed by atoms with E-state index in [4.69, 9.17) is 0 Å². The minimum atomic E-state index is 0.162. The van der Waals surface area contributed by atoms with Crippen molar-refractivity contribution in [2.75, 3.05) is 31.1 Å². The van der Waals surface area contributed by atoms with Gasteiger partial charge in [-0.3, -0.25) is 9.69 Å². The molecule has 0 unspecified atom stereocenters. The van der Waals surface area contributed by atoms with E-state index < -0.39 is 0 Å². The van der Waals surface area contributed by atoms with E-state index in [0.29, 0.717) is 12.1 Å². The quantitative estimate of drug-likeness (QED) is 0.792. The summed E-state index contributed by atoms with van der Waals surface area (Å²) in [7, 11) is 0. The number of anilines is 1. The number of carbonyl (C=O) groups is 1. The van der Waals surface area contributed by atoms with Gasteiger partial charge in [0.25, 0.3) is 0 Å². The molecule has 114 valence electrons. The molecule has 0 aromatic carbocycles. The number of rotatable bonds is 1.